The molecule has 4 N–H and O–H groups in total. The van der Waals surface area contributed by atoms with Gasteiger partial charge >= 0.3 is 0 Å². The second-order valence-corrected chi connectivity index (χ2v) is 4.57. The Morgan fingerprint density at radius 1 is 0.842 bits per heavy atom. The van der Waals surface area contributed by atoms with E-state index in [-0.39, 0.29) is 18.4 Å². The molecule has 1 atom stereocenters. The number of hydrogen-bond donors (Lipinski definition) is 2. The van der Waals surface area contributed by atoms with Crippen molar-refractivity contribution >= 4 is 34.0 Å². The van der Waals surface area contributed by atoms with Gasteiger partial charge in [-0.3, -0.25) is 0 Å². The van der Waals surface area contributed by atoms with E-state index in [9.17, 15) is 0 Å². The Hall–Kier alpha value is -1.61. The van der Waals surface area contributed by atoms with Gasteiger partial charge in [0.25, 0.3) is 0 Å². The summed E-state index contributed by atoms with van der Waals surface area (Å²) in [5, 5.41) is 4.84. The van der Waals surface area contributed by atoms with Crippen molar-refractivity contribution in [2.24, 2.45) is 11.5 Å². The Kier molecular flexibility index (Phi) is 4.05. The molecule has 3 rings (SSSR count). The number of halogens is 1. The lowest BCUT2D eigenvalue weighted by Gasteiger charge is -2.16. The molecule has 98 valence electrons. The lowest BCUT2D eigenvalue weighted by atomic mass is 9.92. The van der Waals surface area contributed by atoms with E-state index in [1.54, 1.807) is 0 Å². The summed E-state index contributed by atoms with van der Waals surface area (Å²) in [6.07, 6.45) is 0. The summed E-state index contributed by atoms with van der Waals surface area (Å²) in [7, 11) is 0. The summed E-state index contributed by atoms with van der Waals surface area (Å²) in [5.41, 5.74) is 13.1. The molecule has 3 aromatic carbocycles. The van der Waals surface area contributed by atoms with Crippen molar-refractivity contribution in [1.82, 2.24) is 0 Å². The Morgan fingerprint density at radius 2 is 1.32 bits per heavy atom. The highest BCUT2D eigenvalue weighted by Gasteiger charge is 2.12. The fourth-order valence-electron chi connectivity index (χ4n) is 2.57. The molecule has 0 radical (unpaired) electrons. The van der Waals surface area contributed by atoms with Crippen LogP contribution in [0.1, 0.15) is 11.6 Å². The molecule has 0 unspecified atom stereocenters. The van der Waals surface area contributed by atoms with Gasteiger partial charge in [0, 0.05) is 12.6 Å². The van der Waals surface area contributed by atoms with Gasteiger partial charge < -0.3 is 11.5 Å². The Morgan fingerprint density at radius 3 is 1.79 bits per heavy atom. The van der Waals surface area contributed by atoms with E-state index in [1.165, 1.54) is 21.5 Å². The van der Waals surface area contributed by atoms with E-state index in [0.29, 0.717) is 6.54 Å². The van der Waals surface area contributed by atoms with Crippen LogP contribution in [0.4, 0.5) is 0 Å². The first-order chi connectivity index (χ1) is 8.81. The molecule has 19 heavy (non-hydrogen) atoms. The summed E-state index contributed by atoms with van der Waals surface area (Å²) in [5.74, 6) is 0. The van der Waals surface area contributed by atoms with Crippen LogP contribution >= 0.6 is 12.4 Å². The maximum atomic E-state index is 6.20. The molecule has 0 aromatic heterocycles. The van der Waals surface area contributed by atoms with Gasteiger partial charge in [0.2, 0.25) is 0 Å². The smallest absolute Gasteiger partial charge is 0.0431 e. The van der Waals surface area contributed by atoms with Crippen LogP contribution in [-0.2, 0) is 0 Å². The van der Waals surface area contributed by atoms with Crippen LogP contribution in [0.2, 0.25) is 0 Å². The molecule has 0 aliphatic heterocycles. The minimum absolute atomic E-state index is 0. The third kappa shape index (κ3) is 2.30. The first kappa shape index (κ1) is 13.8. The molecule has 0 amide bonds. The number of fused-ring (bicyclic) bond motifs is 2. The third-order valence-electron chi connectivity index (χ3n) is 3.44. The van der Waals surface area contributed by atoms with Gasteiger partial charge in [-0.2, -0.15) is 0 Å². The number of rotatable bonds is 2. The monoisotopic (exact) mass is 272 g/mol. The normalized spacial score (nSPS) is 12.3. The molecule has 3 heteroatoms. The van der Waals surface area contributed by atoms with Crippen LogP contribution in [0.15, 0.2) is 54.6 Å². The standard InChI is InChI=1S/C16H16N2.ClH/c17-10-15(18)16-13-7-3-1-5-11(13)9-12-6-2-4-8-14(12)16;/h1-9,15H,10,17-18H2;1H/t15-;/m0./s1. The zero-order valence-corrected chi connectivity index (χ0v) is 11.4. The molecule has 2 nitrogen and oxygen atoms in total. The van der Waals surface area contributed by atoms with Gasteiger partial charge in [0.1, 0.15) is 0 Å². The largest absolute Gasteiger partial charge is 0.329 e. The van der Waals surface area contributed by atoms with Crippen molar-refractivity contribution < 1.29 is 0 Å². The fourth-order valence-corrected chi connectivity index (χ4v) is 2.57. The molecule has 0 aliphatic carbocycles. The highest BCUT2D eigenvalue weighted by Crippen LogP contribution is 2.31. The van der Waals surface area contributed by atoms with Crippen LogP contribution in [0.3, 0.4) is 0 Å². The van der Waals surface area contributed by atoms with Crippen LogP contribution in [0.25, 0.3) is 21.5 Å². The summed E-state index contributed by atoms with van der Waals surface area (Å²) in [6, 6.07) is 18.7. The first-order valence-electron chi connectivity index (χ1n) is 6.17. The van der Waals surface area contributed by atoms with E-state index in [0.717, 1.165) is 5.56 Å². The van der Waals surface area contributed by atoms with Crippen LogP contribution < -0.4 is 11.5 Å². The molecule has 0 spiro atoms. The van der Waals surface area contributed by atoms with Gasteiger partial charge in [-0.1, -0.05) is 48.5 Å². The molecule has 0 bridgehead atoms. The average molecular weight is 273 g/mol. The summed E-state index contributed by atoms with van der Waals surface area (Å²) < 4.78 is 0. The van der Waals surface area contributed by atoms with Gasteiger partial charge in [-0.15, -0.1) is 12.4 Å². The molecular formula is C16H17ClN2. The van der Waals surface area contributed by atoms with Gasteiger partial charge in [-0.25, -0.2) is 0 Å². The minimum atomic E-state index is -0.124. The molecule has 0 saturated carbocycles. The molecular weight excluding hydrogens is 256 g/mol. The third-order valence-corrected chi connectivity index (χ3v) is 3.44. The van der Waals surface area contributed by atoms with Crippen molar-refractivity contribution in [3.05, 3.63) is 60.2 Å². The van der Waals surface area contributed by atoms with Gasteiger partial charge in [0.05, 0.1) is 0 Å². The summed E-state index contributed by atoms with van der Waals surface area (Å²) in [6.45, 7) is 0.456. The minimum Gasteiger partial charge on any atom is -0.329 e. The molecule has 0 fully saturated rings. The molecule has 0 aliphatic rings. The molecule has 0 saturated heterocycles. The van der Waals surface area contributed by atoms with Crippen LogP contribution in [-0.4, -0.2) is 6.54 Å². The highest BCUT2D eigenvalue weighted by molar-refractivity contribution is 6.02. The van der Waals surface area contributed by atoms with Crippen molar-refractivity contribution in [1.29, 1.82) is 0 Å². The molecule has 0 heterocycles. The van der Waals surface area contributed by atoms with Crippen molar-refractivity contribution in [2.75, 3.05) is 6.54 Å². The van der Waals surface area contributed by atoms with E-state index in [4.69, 9.17) is 11.5 Å². The van der Waals surface area contributed by atoms with Crippen molar-refractivity contribution in [3.8, 4) is 0 Å². The Bertz CT molecular complexity index is 655. The second-order valence-electron chi connectivity index (χ2n) is 4.57. The number of benzene rings is 3. The van der Waals surface area contributed by atoms with Gasteiger partial charge in [-0.05, 0) is 33.2 Å². The van der Waals surface area contributed by atoms with Crippen molar-refractivity contribution in [2.45, 2.75) is 6.04 Å². The number of hydrogen-bond acceptors (Lipinski definition) is 2. The van der Waals surface area contributed by atoms with E-state index in [1.807, 2.05) is 12.1 Å². The molecule has 3 aromatic rings. The lowest BCUT2D eigenvalue weighted by molar-refractivity contribution is 0.749. The predicted molar refractivity (Wildman–Crippen MR) is 84.7 cm³/mol. The predicted octanol–water partition coefficient (Wildman–Crippen LogP) is 3.37. The maximum Gasteiger partial charge on any atom is 0.0431 e. The number of nitrogens with two attached hydrogens (primary N) is 2. The zero-order chi connectivity index (χ0) is 12.5. The zero-order valence-electron chi connectivity index (χ0n) is 10.5. The van der Waals surface area contributed by atoms with E-state index in [2.05, 4.69) is 42.5 Å². The quantitative estimate of drug-likeness (QED) is 0.703. The van der Waals surface area contributed by atoms with Crippen LogP contribution in [0.5, 0.6) is 0 Å². The van der Waals surface area contributed by atoms with Crippen LogP contribution in [0, 0.1) is 0 Å². The summed E-state index contributed by atoms with van der Waals surface area (Å²) >= 11 is 0. The second kappa shape index (κ2) is 5.57. The van der Waals surface area contributed by atoms with E-state index < -0.39 is 0 Å². The van der Waals surface area contributed by atoms with Crippen molar-refractivity contribution in [3.63, 3.8) is 0 Å². The average Bonchev–Trinajstić information content (AvgIpc) is 2.44. The Labute approximate surface area is 118 Å². The lowest BCUT2D eigenvalue weighted by Crippen LogP contribution is -2.21. The topological polar surface area (TPSA) is 52.0 Å². The highest BCUT2D eigenvalue weighted by atomic mass is 35.5. The van der Waals surface area contributed by atoms with E-state index >= 15 is 0 Å². The first-order valence-corrected chi connectivity index (χ1v) is 6.17. The maximum absolute atomic E-state index is 6.20. The summed E-state index contributed by atoms with van der Waals surface area (Å²) in [4.78, 5) is 0. The SMILES string of the molecule is Cl.NC[C@H](N)c1c2ccccc2cc2ccccc12. The van der Waals surface area contributed by atoms with Gasteiger partial charge in [0.15, 0.2) is 0 Å². The Balaban J connectivity index is 0.00000133. The fraction of sp³-hybridized carbons (Fsp3) is 0.125.